The molecule has 0 aliphatic carbocycles. The number of rotatable bonds is 5. The lowest BCUT2D eigenvalue weighted by atomic mass is 10.0. The van der Waals surface area contributed by atoms with Crippen LogP contribution in [0.3, 0.4) is 0 Å². The number of benzene rings is 1. The normalized spacial score (nSPS) is 16.7. The van der Waals surface area contributed by atoms with Crippen LogP contribution in [-0.2, 0) is 13.0 Å². The maximum absolute atomic E-state index is 6.10. The summed E-state index contributed by atoms with van der Waals surface area (Å²) in [5.41, 5.74) is 1.22. The van der Waals surface area contributed by atoms with Gasteiger partial charge >= 0.3 is 0 Å². The third kappa shape index (κ3) is 2.97. The summed E-state index contributed by atoms with van der Waals surface area (Å²) in [6.45, 7) is 5.37. The number of nitrogens with zero attached hydrogens (tertiary/aromatic N) is 3. The minimum atomic E-state index is 0.174. The topological polar surface area (TPSA) is 42.7 Å². The van der Waals surface area contributed by atoms with Gasteiger partial charge < -0.3 is 9.88 Å². The fraction of sp³-hybridized carbons (Fsp3) is 0.500. The largest absolute Gasteiger partial charge is 0.314 e. The highest BCUT2D eigenvalue weighted by Gasteiger charge is 2.23. The maximum Gasteiger partial charge on any atom is 0.149 e. The standard InChI is InChI=1S/C16H21ClN4/c1-3-14(12-6-4-7-13(17)10-12)18-11(2)16-20-19-15-8-5-9-21(15)16/h4,6-7,10-11,14,18H,3,5,8-9H2,1-2H3. The van der Waals surface area contributed by atoms with Crippen molar-refractivity contribution in [1.29, 1.82) is 0 Å². The van der Waals surface area contributed by atoms with Crippen molar-refractivity contribution in [2.45, 2.75) is 51.7 Å². The molecule has 0 bridgehead atoms. The molecule has 4 nitrogen and oxygen atoms in total. The van der Waals surface area contributed by atoms with E-state index in [0.29, 0.717) is 0 Å². The van der Waals surface area contributed by atoms with Crippen LogP contribution in [0.4, 0.5) is 0 Å². The van der Waals surface area contributed by atoms with E-state index in [1.165, 1.54) is 12.0 Å². The fourth-order valence-electron chi connectivity index (χ4n) is 3.04. The highest BCUT2D eigenvalue weighted by molar-refractivity contribution is 6.30. The van der Waals surface area contributed by atoms with Gasteiger partial charge in [-0.25, -0.2) is 0 Å². The van der Waals surface area contributed by atoms with Gasteiger partial charge in [0.25, 0.3) is 0 Å². The van der Waals surface area contributed by atoms with Crippen molar-refractivity contribution < 1.29 is 0 Å². The molecule has 1 aromatic heterocycles. The summed E-state index contributed by atoms with van der Waals surface area (Å²) in [5.74, 6) is 2.16. The van der Waals surface area contributed by atoms with Gasteiger partial charge in [-0.05, 0) is 37.5 Å². The van der Waals surface area contributed by atoms with Crippen molar-refractivity contribution in [2.24, 2.45) is 0 Å². The van der Waals surface area contributed by atoms with E-state index >= 15 is 0 Å². The average molecular weight is 305 g/mol. The number of hydrogen-bond donors (Lipinski definition) is 1. The van der Waals surface area contributed by atoms with E-state index in [4.69, 9.17) is 11.6 Å². The minimum Gasteiger partial charge on any atom is -0.314 e. The Balaban J connectivity index is 1.77. The predicted molar refractivity (Wildman–Crippen MR) is 84.4 cm³/mol. The minimum absolute atomic E-state index is 0.174. The van der Waals surface area contributed by atoms with E-state index in [-0.39, 0.29) is 12.1 Å². The van der Waals surface area contributed by atoms with E-state index in [9.17, 15) is 0 Å². The Kier molecular flexibility index (Phi) is 4.27. The van der Waals surface area contributed by atoms with Gasteiger partial charge in [-0.3, -0.25) is 0 Å². The van der Waals surface area contributed by atoms with E-state index in [2.05, 4.69) is 40.0 Å². The predicted octanol–water partition coefficient (Wildman–Crippen LogP) is 3.68. The molecule has 0 amide bonds. The second kappa shape index (κ2) is 6.16. The number of aryl methyl sites for hydroxylation is 1. The van der Waals surface area contributed by atoms with Gasteiger partial charge in [0, 0.05) is 24.0 Å². The maximum atomic E-state index is 6.10. The van der Waals surface area contributed by atoms with Crippen LogP contribution < -0.4 is 5.32 Å². The Morgan fingerprint density at radius 2 is 2.24 bits per heavy atom. The second-order valence-corrected chi connectivity index (χ2v) is 6.07. The van der Waals surface area contributed by atoms with Crippen LogP contribution in [0.5, 0.6) is 0 Å². The molecule has 5 heteroatoms. The molecule has 0 spiro atoms. The molecule has 112 valence electrons. The lowest BCUT2D eigenvalue weighted by Crippen LogP contribution is -2.26. The first-order valence-electron chi connectivity index (χ1n) is 7.62. The Hall–Kier alpha value is -1.39. The van der Waals surface area contributed by atoms with E-state index < -0.39 is 0 Å². The molecular formula is C16H21ClN4. The first kappa shape index (κ1) is 14.5. The smallest absolute Gasteiger partial charge is 0.149 e. The molecule has 2 aromatic rings. The van der Waals surface area contributed by atoms with Gasteiger partial charge in [0.2, 0.25) is 0 Å². The summed E-state index contributed by atoms with van der Waals surface area (Å²) in [5, 5.41) is 13.1. The zero-order valence-corrected chi connectivity index (χ0v) is 13.3. The third-order valence-corrected chi connectivity index (χ3v) is 4.37. The van der Waals surface area contributed by atoms with Gasteiger partial charge in [0.1, 0.15) is 11.6 Å². The number of hydrogen-bond acceptors (Lipinski definition) is 3. The molecule has 1 aromatic carbocycles. The fourth-order valence-corrected chi connectivity index (χ4v) is 3.24. The molecule has 2 unspecified atom stereocenters. The van der Waals surface area contributed by atoms with Crippen molar-refractivity contribution in [2.75, 3.05) is 0 Å². The Labute approximate surface area is 130 Å². The highest BCUT2D eigenvalue weighted by atomic mass is 35.5. The molecule has 3 rings (SSSR count). The van der Waals surface area contributed by atoms with Crippen molar-refractivity contribution in [3.8, 4) is 0 Å². The summed E-state index contributed by atoms with van der Waals surface area (Å²) in [7, 11) is 0. The quantitative estimate of drug-likeness (QED) is 0.916. The molecular weight excluding hydrogens is 284 g/mol. The van der Waals surface area contributed by atoms with Crippen LogP contribution in [0.15, 0.2) is 24.3 Å². The molecule has 21 heavy (non-hydrogen) atoms. The third-order valence-electron chi connectivity index (χ3n) is 4.14. The number of nitrogens with one attached hydrogen (secondary N) is 1. The number of halogens is 1. The molecule has 2 atom stereocenters. The average Bonchev–Trinajstić information content (AvgIpc) is 3.07. The SMILES string of the molecule is CCC(NC(C)c1nnc2n1CCC2)c1cccc(Cl)c1. The van der Waals surface area contributed by atoms with Crippen LogP contribution in [-0.4, -0.2) is 14.8 Å². The van der Waals surface area contributed by atoms with Gasteiger partial charge in [0.15, 0.2) is 0 Å². The molecule has 0 fully saturated rings. The molecule has 1 aliphatic heterocycles. The van der Waals surface area contributed by atoms with Crippen LogP contribution in [0, 0.1) is 0 Å². The summed E-state index contributed by atoms with van der Waals surface area (Å²) in [4.78, 5) is 0. The Morgan fingerprint density at radius 1 is 1.38 bits per heavy atom. The molecule has 1 aliphatic rings. The number of fused-ring (bicyclic) bond motifs is 1. The van der Waals surface area contributed by atoms with Crippen LogP contribution in [0.1, 0.15) is 56.0 Å². The van der Waals surface area contributed by atoms with Gasteiger partial charge in [0.05, 0.1) is 6.04 Å². The summed E-state index contributed by atoms with van der Waals surface area (Å²) < 4.78 is 2.25. The highest BCUT2D eigenvalue weighted by Crippen LogP contribution is 2.25. The lowest BCUT2D eigenvalue weighted by molar-refractivity contribution is 0.430. The molecule has 0 saturated heterocycles. The van der Waals surface area contributed by atoms with Gasteiger partial charge in [-0.15, -0.1) is 10.2 Å². The Bertz CT molecular complexity index is 622. The van der Waals surface area contributed by atoms with Crippen LogP contribution in [0.25, 0.3) is 0 Å². The van der Waals surface area contributed by atoms with E-state index in [1.807, 2.05) is 18.2 Å². The first-order valence-corrected chi connectivity index (χ1v) is 8.00. The van der Waals surface area contributed by atoms with Crippen LogP contribution in [0.2, 0.25) is 5.02 Å². The molecule has 0 radical (unpaired) electrons. The van der Waals surface area contributed by atoms with Gasteiger partial charge in [-0.1, -0.05) is 30.7 Å². The zero-order chi connectivity index (χ0) is 14.8. The van der Waals surface area contributed by atoms with Crippen molar-refractivity contribution in [1.82, 2.24) is 20.1 Å². The second-order valence-electron chi connectivity index (χ2n) is 5.63. The Morgan fingerprint density at radius 3 is 3.00 bits per heavy atom. The summed E-state index contributed by atoms with van der Waals surface area (Å²) >= 11 is 6.10. The van der Waals surface area contributed by atoms with Crippen molar-refractivity contribution in [3.63, 3.8) is 0 Å². The number of aromatic nitrogens is 3. The molecule has 0 saturated carbocycles. The van der Waals surface area contributed by atoms with Gasteiger partial charge in [-0.2, -0.15) is 0 Å². The molecule has 2 heterocycles. The first-order chi connectivity index (χ1) is 10.2. The van der Waals surface area contributed by atoms with E-state index in [0.717, 1.165) is 36.1 Å². The molecule has 1 N–H and O–H groups in total. The van der Waals surface area contributed by atoms with E-state index in [1.54, 1.807) is 0 Å². The lowest BCUT2D eigenvalue weighted by Gasteiger charge is -2.22. The zero-order valence-electron chi connectivity index (χ0n) is 12.5. The van der Waals surface area contributed by atoms with Crippen molar-refractivity contribution >= 4 is 11.6 Å². The monoisotopic (exact) mass is 304 g/mol. The van der Waals surface area contributed by atoms with Crippen molar-refractivity contribution in [3.05, 3.63) is 46.5 Å². The summed E-state index contributed by atoms with van der Waals surface area (Å²) in [6.07, 6.45) is 3.23. The van der Waals surface area contributed by atoms with Crippen LogP contribution >= 0.6 is 11.6 Å². The summed E-state index contributed by atoms with van der Waals surface area (Å²) in [6, 6.07) is 8.51.